The van der Waals surface area contributed by atoms with Crippen LogP contribution in [0.3, 0.4) is 0 Å². The maximum atomic E-state index is 14.8. The summed E-state index contributed by atoms with van der Waals surface area (Å²) in [5, 5.41) is 9.46. The van der Waals surface area contributed by atoms with Crippen molar-refractivity contribution < 1.29 is 55.0 Å². The molecule has 20 heteroatoms. The molecule has 1 saturated heterocycles. The maximum absolute atomic E-state index is 14.8. The van der Waals surface area contributed by atoms with Crippen LogP contribution >= 0.6 is 0 Å². The summed E-state index contributed by atoms with van der Waals surface area (Å²) in [6.45, 7) is 4.88. The number of benzene rings is 1. The average molecular weight is 853 g/mol. The minimum Gasteiger partial charge on any atom is -0.471 e. The number of hydrogen-bond acceptors (Lipinski definition) is 11. The summed E-state index contributed by atoms with van der Waals surface area (Å²) in [6, 6.07) is 3.71. The van der Waals surface area contributed by atoms with E-state index in [1.807, 2.05) is 13.0 Å². The van der Waals surface area contributed by atoms with E-state index in [-0.39, 0.29) is 49.7 Å². The summed E-state index contributed by atoms with van der Waals surface area (Å²) < 4.78 is 86.7. The Morgan fingerprint density at radius 3 is 2.41 bits per heavy atom. The van der Waals surface area contributed by atoms with Crippen LogP contribution in [0.2, 0.25) is 0 Å². The van der Waals surface area contributed by atoms with Gasteiger partial charge in [-0.25, -0.2) is 17.9 Å². The summed E-state index contributed by atoms with van der Waals surface area (Å²) in [6.07, 6.45) is -1.65. The fourth-order valence-corrected chi connectivity index (χ4v) is 9.09. The highest BCUT2D eigenvalue weighted by molar-refractivity contribution is 7.91. The summed E-state index contributed by atoms with van der Waals surface area (Å²) >= 11 is 0. The van der Waals surface area contributed by atoms with Crippen molar-refractivity contribution in [1.29, 1.82) is 0 Å². The largest absolute Gasteiger partial charge is 0.471 e. The van der Waals surface area contributed by atoms with Gasteiger partial charge in [-0.05, 0) is 76.3 Å². The third kappa shape index (κ3) is 9.53. The topological polar surface area (TPSA) is 204 Å². The highest BCUT2D eigenvalue weighted by Crippen LogP contribution is 2.46. The summed E-state index contributed by atoms with van der Waals surface area (Å²) in [5.74, 6) is -3.85. The van der Waals surface area contributed by atoms with Gasteiger partial charge in [0.05, 0.1) is 35.7 Å². The van der Waals surface area contributed by atoms with Gasteiger partial charge < -0.3 is 29.7 Å². The molecule has 3 heterocycles. The predicted octanol–water partition coefficient (Wildman–Crippen LogP) is 3.32. The number of allylic oxidation sites excluding steroid dienone is 1. The molecule has 324 valence electrons. The number of halogens is 3. The molecule has 6 rings (SSSR count). The van der Waals surface area contributed by atoms with Gasteiger partial charge in [0.15, 0.2) is 0 Å². The number of methoxy groups -OCH3 is 1. The smallest absolute Gasteiger partial charge is 0.427 e. The van der Waals surface area contributed by atoms with Gasteiger partial charge in [0.2, 0.25) is 33.3 Å². The van der Waals surface area contributed by atoms with Gasteiger partial charge in [-0.15, -0.1) is 5.10 Å². The lowest BCUT2D eigenvalue weighted by atomic mass is 9.88. The van der Waals surface area contributed by atoms with E-state index in [4.69, 9.17) is 14.2 Å². The van der Waals surface area contributed by atoms with Crippen molar-refractivity contribution in [3.63, 3.8) is 0 Å². The first-order chi connectivity index (χ1) is 27.7. The number of carbonyl (C=O) groups is 4. The molecule has 7 atom stereocenters. The van der Waals surface area contributed by atoms with Crippen LogP contribution in [-0.2, 0) is 40.4 Å². The monoisotopic (exact) mass is 852 g/mol. The van der Waals surface area contributed by atoms with Gasteiger partial charge in [-0.1, -0.05) is 38.1 Å². The Morgan fingerprint density at radius 2 is 1.75 bits per heavy atom. The van der Waals surface area contributed by atoms with E-state index < -0.39 is 92.0 Å². The van der Waals surface area contributed by atoms with E-state index in [2.05, 4.69) is 20.5 Å². The highest BCUT2D eigenvalue weighted by atomic mass is 32.2. The Balaban J connectivity index is 1.37. The van der Waals surface area contributed by atoms with Gasteiger partial charge in [0.1, 0.15) is 23.7 Å². The van der Waals surface area contributed by atoms with E-state index in [9.17, 15) is 45.6 Å². The Bertz CT molecular complexity index is 2160. The molecule has 4 aliphatic rings. The zero-order valence-electron chi connectivity index (χ0n) is 33.5. The molecule has 4 amide bonds. The normalized spacial score (nSPS) is 28.6. The van der Waals surface area contributed by atoms with Crippen LogP contribution in [0.15, 0.2) is 41.2 Å². The second kappa shape index (κ2) is 16.7. The number of nitrogens with zero attached hydrogens (tertiary/aromatic N) is 3. The summed E-state index contributed by atoms with van der Waals surface area (Å²) in [4.78, 5) is 70.6. The first-order valence-corrected chi connectivity index (χ1v) is 21.3. The van der Waals surface area contributed by atoms with Gasteiger partial charge in [0.25, 0.3) is 11.5 Å². The van der Waals surface area contributed by atoms with Crippen LogP contribution in [-0.4, -0.2) is 108 Å². The average Bonchev–Trinajstić information content (AvgIpc) is 4.09. The Morgan fingerprint density at radius 1 is 1.05 bits per heavy atom. The van der Waals surface area contributed by atoms with Gasteiger partial charge in [-0.3, -0.25) is 23.9 Å². The number of amides is 4. The maximum Gasteiger partial charge on any atom is 0.427 e. The quantitative estimate of drug-likeness (QED) is 0.296. The number of alkyl halides is 3. The number of nitrogens with one attached hydrogen (secondary N) is 3. The standard InChI is InChI=1S/C39H51F3N6O10S/c1-22-10-6-7-11-24-20-38(24,35(52)46-59(54,55)26-14-15-26)44-31(49)29-19-25(57-32-27-12-8-9-13-28(27)33(50)48(45-32)16-17-56-5)21-47(29)34(51)30(23(2)18-22)43-36(53)58-37(3,4)39(40,41)42/h7-9,11-13,22-26,29-30H,6,10,14-21H2,1-5H3,(H,43,53)(H,44,49)(H,46,52)/b11-7-/t22-,23-,24-,25-,29+,30+,38-/m1/s1. The fraction of sp³-hybridized carbons (Fsp3) is 0.641. The van der Waals surface area contributed by atoms with Crippen LogP contribution < -0.4 is 25.7 Å². The molecule has 1 aromatic carbocycles. The van der Waals surface area contributed by atoms with Gasteiger partial charge in [0, 0.05) is 19.4 Å². The molecule has 3 fully saturated rings. The molecule has 3 N–H and O–H groups in total. The molecular weight excluding hydrogens is 802 g/mol. The van der Waals surface area contributed by atoms with Gasteiger partial charge >= 0.3 is 12.3 Å². The van der Waals surface area contributed by atoms with Crippen LogP contribution in [0.1, 0.15) is 72.6 Å². The van der Waals surface area contributed by atoms with Gasteiger partial charge in [-0.2, -0.15) is 13.2 Å². The Labute approximate surface area is 339 Å². The predicted molar refractivity (Wildman–Crippen MR) is 206 cm³/mol. The lowest BCUT2D eigenvalue weighted by Gasteiger charge is -2.34. The lowest BCUT2D eigenvalue weighted by molar-refractivity contribution is -0.244. The van der Waals surface area contributed by atoms with Crippen LogP contribution in [0.25, 0.3) is 10.8 Å². The first-order valence-electron chi connectivity index (χ1n) is 19.7. The number of carbonyl (C=O) groups excluding carboxylic acids is 4. The van der Waals surface area contributed by atoms with E-state index >= 15 is 0 Å². The number of fused-ring (bicyclic) bond motifs is 3. The molecule has 0 radical (unpaired) electrons. The van der Waals surface area contributed by atoms with Crippen molar-refractivity contribution in [3.05, 3.63) is 46.8 Å². The molecule has 2 aliphatic heterocycles. The second-order valence-corrected chi connectivity index (χ2v) is 18.6. The molecular formula is C39H51F3N6O10S. The third-order valence-corrected chi connectivity index (χ3v) is 13.4. The van der Waals surface area contributed by atoms with E-state index in [1.54, 1.807) is 37.3 Å². The van der Waals surface area contributed by atoms with Crippen molar-refractivity contribution >= 4 is 44.6 Å². The van der Waals surface area contributed by atoms with E-state index in [0.717, 1.165) is 4.90 Å². The van der Waals surface area contributed by atoms with Crippen molar-refractivity contribution in [3.8, 4) is 5.88 Å². The van der Waals surface area contributed by atoms with Crippen LogP contribution in [0, 0.1) is 17.8 Å². The molecule has 1 aromatic heterocycles. The zero-order chi connectivity index (χ0) is 43.1. The third-order valence-electron chi connectivity index (χ3n) is 11.5. The first kappa shape index (κ1) is 43.8. The molecule has 0 unspecified atom stereocenters. The second-order valence-electron chi connectivity index (χ2n) is 16.6. The molecule has 0 bridgehead atoms. The minimum absolute atomic E-state index is 0.0141. The SMILES string of the molecule is COCCn1nc(O[C@@H]2C[C@H]3C(=O)N[C@]4(C(=O)NS(=O)(=O)C5CC5)C[C@H]4/C=C\CC[C@@H](C)C[C@@H](C)[C@H](NC(=O)OC(C)(C)C(F)(F)F)C(=O)N3C2)c2ccccc2c1=O. The van der Waals surface area contributed by atoms with E-state index in [0.29, 0.717) is 51.3 Å². The number of alkyl carbamates (subject to hydrolysis) is 1. The van der Waals surface area contributed by atoms with Crippen molar-refractivity contribution in [2.45, 2.75) is 120 Å². The molecule has 2 aliphatic carbocycles. The molecule has 2 aromatic rings. The highest BCUT2D eigenvalue weighted by Gasteiger charge is 2.62. The lowest BCUT2D eigenvalue weighted by Crippen LogP contribution is -2.59. The molecule has 16 nitrogen and oxygen atoms in total. The summed E-state index contributed by atoms with van der Waals surface area (Å²) in [7, 11) is -2.54. The zero-order valence-corrected chi connectivity index (χ0v) is 34.4. The van der Waals surface area contributed by atoms with E-state index in [1.165, 1.54) is 11.8 Å². The fourth-order valence-electron chi connectivity index (χ4n) is 7.72. The number of rotatable bonds is 10. The van der Waals surface area contributed by atoms with Crippen molar-refractivity contribution in [2.24, 2.45) is 17.8 Å². The van der Waals surface area contributed by atoms with Crippen molar-refractivity contribution in [2.75, 3.05) is 20.3 Å². The molecule has 2 saturated carbocycles. The van der Waals surface area contributed by atoms with Crippen LogP contribution in [0.5, 0.6) is 5.88 Å². The number of aromatic nitrogens is 2. The summed E-state index contributed by atoms with van der Waals surface area (Å²) in [5.41, 5.74) is -4.98. The minimum atomic E-state index is -4.93. The number of hydrogen-bond donors (Lipinski definition) is 3. The molecule has 59 heavy (non-hydrogen) atoms. The molecule has 0 spiro atoms. The van der Waals surface area contributed by atoms with Crippen LogP contribution in [0.4, 0.5) is 18.0 Å². The Hall–Kier alpha value is -4.72. The Kier molecular flexibility index (Phi) is 12.4. The number of sulfonamides is 1. The number of ether oxygens (including phenoxy) is 3. The van der Waals surface area contributed by atoms with Crippen molar-refractivity contribution in [1.82, 2.24) is 30.0 Å².